The van der Waals surface area contributed by atoms with Crippen LogP contribution in [0.5, 0.6) is 5.75 Å². The van der Waals surface area contributed by atoms with Crippen LogP contribution in [0.25, 0.3) is 0 Å². The minimum Gasteiger partial charge on any atom is -0.484 e. The number of carbonyl (C=O) groups is 2. The molecule has 2 N–H and O–H groups in total. The maximum Gasteiger partial charge on any atom is 0.336 e. The molecular formula is C16H14N2O4. The third-order valence-electron chi connectivity index (χ3n) is 2.70. The molecule has 2 rings (SSSR count). The second-order valence-corrected chi connectivity index (χ2v) is 4.29. The summed E-state index contributed by atoms with van der Waals surface area (Å²) in [6, 6.07) is 15.3. The monoisotopic (exact) mass is 298 g/mol. The number of rotatable bonds is 6. The molecule has 2 aromatic rings. The molecule has 0 fully saturated rings. The Balaban J connectivity index is 1.87. The summed E-state index contributed by atoms with van der Waals surface area (Å²) in [5.41, 5.74) is 2.79. The van der Waals surface area contributed by atoms with Crippen molar-refractivity contribution in [2.75, 3.05) is 6.61 Å². The van der Waals surface area contributed by atoms with Crippen LogP contribution in [0, 0.1) is 0 Å². The van der Waals surface area contributed by atoms with Crippen LogP contribution < -0.4 is 10.2 Å². The predicted octanol–water partition coefficient (Wildman–Crippen LogP) is 1.91. The fourth-order valence-electron chi connectivity index (χ4n) is 1.68. The first-order valence-corrected chi connectivity index (χ1v) is 6.49. The summed E-state index contributed by atoms with van der Waals surface area (Å²) < 4.78 is 5.25. The highest BCUT2D eigenvalue weighted by molar-refractivity contribution is 5.98. The van der Waals surface area contributed by atoms with Crippen molar-refractivity contribution < 1.29 is 19.4 Å². The summed E-state index contributed by atoms with van der Waals surface area (Å²) in [5, 5.41) is 12.7. The number of hydrogen-bond acceptors (Lipinski definition) is 4. The van der Waals surface area contributed by atoms with Gasteiger partial charge in [0.2, 0.25) is 0 Å². The van der Waals surface area contributed by atoms with Gasteiger partial charge in [0.05, 0.1) is 11.8 Å². The van der Waals surface area contributed by atoms with Gasteiger partial charge in [0.25, 0.3) is 5.91 Å². The molecule has 0 aliphatic rings. The molecule has 0 spiro atoms. The van der Waals surface area contributed by atoms with E-state index in [1.807, 2.05) is 6.07 Å². The highest BCUT2D eigenvalue weighted by Gasteiger charge is 2.07. The van der Waals surface area contributed by atoms with E-state index in [9.17, 15) is 9.59 Å². The molecule has 1 amide bonds. The highest BCUT2D eigenvalue weighted by atomic mass is 16.5. The summed E-state index contributed by atoms with van der Waals surface area (Å²) in [7, 11) is 0. The Hall–Kier alpha value is -3.15. The molecule has 112 valence electrons. The van der Waals surface area contributed by atoms with Crippen LogP contribution in [0.1, 0.15) is 15.9 Å². The first-order valence-electron chi connectivity index (χ1n) is 6.49. The van der Waals surface area contributed by atoms with Crippen LogP contribution in [0.15, 0.2) is 59.7 Å². The Morgan fingerprint density at radius 1 is 1.09 bits per heavy atom. The molecule has 22 heavy (non-hydrogen) atoms. The number of hydrazone groups is 1. The third kappa shape index (κ3) is 4.45. The average Bonchev–Trinajstić information content (AvgIpc) is 2.54. The van der Waals surface area contributed by atoms with Crippen molar-refractivity contribution in [1.29, 1.82) is 0 Å². The molecule has 0 aromatic heterocycles. The van der Waals surface area contributed by atoms with Crippen LogP contribution in [0.2, 0.25) is 0 Å². The largest absolute Gasteiger partial charge is 0.484 e. The summed E-state index contributed by atoms with van der Waals surface area (Å²) in [4.78, 5) is 22.6. The lowest BCUT2D eigenvalue weighted by Gasteiger charge is -2.04. The van der Waals surface area contributed by atoms with E-state index in [4.69, 9.17) is 9.84 Å². The molecule has 0 saturated carbocycles. The van der Waals surface area contributed by atoms with E-state index in [-0.39, 0.29) is 12.2 Å². The van der Waals surface area contributed by atoms with Gasteiger partial charge in [-0.05, 0) is 18.2 Å². The smallest absolute Gasteiger partial charge is 0.336 e. The Morgan fingerprint density at radius 3 is 2.50 bits per heavy atom. The van der Waals surface area contributed by atoms with E-state index in [0.717, 1.165) is 0 Å². The maximum absolute atomic E-state index is 11.6. The molecule has 0 aliphatic heterocycles. The van der Waals surface area contributed by atoms with Crippen LogP contribution in [0.4, 0.5) is 0 Å². The standard InChI is InChI=1S/C16H14N2O4/c19-15(11-22-13-7-2-1-3-8-13)18-17-10-12-6-4-5-9-14(12)16(20)21/h1-10H,11H2,(H,18,19)(H,20,21)/b17-10+. The van der Waals surface area contributed by atoms with Crippen molar-refractivity contribution in [3.63, 3.8) is 0 Å². The first-order chi connectivity index (χ1) is 10.7. The minimum atomic E-state index is -1.05. The highest BCUT2D eigenvalue weighted by Crippen LogP contribution is 2.07. The van der Waals surface area contributed by atoms with Crippen molar-refractivity contribution >= 4 is 18.1 Å². The van der Waals surface area contributed by atoms with E-state index >= 15 is 0 Å². The lowest BCUT2D eigenvalue weighted by Crippen LogP contribution is -2.24. The fourth-order valence-corrected chi connectivity index (χ4v) is 1.68. The summed E-state index contributed by atoms with van der Waals surface area (Å²) in [5.74, 6) is -0.911. The van der Waals surface area contributed by atoms with E-state index in [0.29, 0.717) is 11.3 Å². The van der Waals surface area contributed by atoms with Gasteiger partial charge in [0, 0.05) is 5.56 Å². The van der Waals surface area contributed by atoms with Crippen molar-refractivity contribution in [2.24, 2.45) is 5.10 Å². The van der Waals surface area contributed by atoms with E-state index in [1.54, 1.807) is 42.5 Å². The second kappa shape index (κ2) is 7.58. The van der Waals surface area contributed by atoms with Gasteiger partial charge in [-0.2, -0.15) is 5.10 Å². The summed E-state index contributed by atoms with van der Waals surface area (Å²) >= 11 is 0. The Kier molecular flexibility index (Phi) is 5.25. The number of carboxylic acids is 1. The number of amides is 1. The molecule has 6 heteroatoms. The van der Waals surface area contributed by atoms with Gasteiger partial charge < -0.3 is 9.84 Å². The van der Waals surface area contributed by atoms with E-state index in [2.05, 4.69) is 10.5 Å². The zero-order valence-corrected chi connectivity index (χ0v) is 11.6. The van der Waals surface area contributed by atoms with Crippen LogP contribution in [-0.2, 0) is 4.79 Å². The number of hydrogen-bond donors (Lipinski definition) is 2. The molecule has 0 bridgehead atoms. The van der Waals surface area contributed by atoms with Gasteiger partial charge in [0.15, 0.2) is 6.61 Å². The quantitative estimate of drug-likeness (QED) is 0.630. The van der Waals surface area contributed by atoms with Crippen LogP contribution >= 0.6 is 0 Å². The second-order valence-electron chi connectivity index (χ2n) is 4.29. The summed E-state index contributed by atoms with van der Waals surface area (Å²) in [6.45, 7) is -0.179. The van der Waals surface area contributed by atoms with Crippen molar-refractivity contribution in [2.45, 2.75) is 0 Å². The number of benzene rings is 2. The average molecular weight is 298 g/mol. The maximum atomic E-state index is 11.6. The first kappa shape index (κ1) is 15.2. The lowest BCUT2D eigenvalue weighted by atomic mass is 10.1. The van der Waals surface area contributed by atoms with E-state index in [1.165, 1.54) is 12.3 Å². The number of nitrogens with one attached hydrogen (secondary N) is 1. The molecule has 0 unspecified atom stereocenters. The number of ether oxygens (including phenoxy) is 1. The number of carbonyl (C=O) groups excluding carboxylic acids is 1. The van der Waals surface area contributed by atoms with Crippen molar-refractivity contribution in [1.82, 2.24) is 5.43 Å². The molecule has 0 saturated heterocycles. The zero-order chi connectivity index (χ0) is 15.8. The number of para-hydroxylation sites is 1. The SMILES string of the molecule is O=C(COc1ccccc1)N/N=C/c1ccccc1C(=O)O. The normalized spacial score (nSPS) is 10.4. The number of aromatic carboxylic acids is 1. The molecule has 6 nitrogen and oxygen atoms in total. The van der Waals surface area contributed by atoms with Gasteiger partial charge in [0.1, 0.15) is 5.75 Å². The fraction of sp³-hybridized carbons (Fsp3) is 0.0625. The van der Waals surface area contributed by atoms with Gasteiger partial charge in [-0.15, -0.1) is 0 Å². The molecule has 0 heterocycles. The Labute approximate surface area is 127 Å². The molecule has 0 radical (unpaired) electrons. The topological polar surface area (TPSA) is 88.0 Å². The lowest BCUT2D eigenvalue weighted by molar-refractivity contribution is -0.123. The predicted molar refractivity (Wildman–Crippen MR) is 81.1 cm³/mol. The van der Waals surface area contributed by atoms with Gasteiger partial charge >= 0.3 is 5.97 Å². The van der Waals surface area contributed by atoms with Crippen LogP contribution in [0.3, 0.4) is 0 Å². The van der Waals surface area contributed by atoms with Crippen LogP contribution in [-0.4, -0.2) is 29.8 Å². The summed E-state index contributed by atoms with van der Waals surface area (Å²) in [6.07, 6.45) is 1.28. The minimum absolute atomic E-state index is 0.112. The molecule has 0 aliphatic carbocycles. The van der Waals surface area contributed by atoms with Crippen molar-refractivity contribution in [3.8, 4) is 5.75 Å². The molecule has 0 atom stereocenters. The number of nitrogens with zero attached hydrogens (tertiary/aromatic N) is 1. The zero-order valence-electron chi connectivity index (χ0n) is 11.6. The third-order valence-corrected chi connectivity index (χ3v) is 2.70. The Bertz CT molecular complexity index is 684. The van der Waals surface area contributed by atoms with Crippen molar-refractivity contribution in [3.05, 3.63) is 65.7 Å². The van der Waals surface area contributed by atoms with E-state index < -0.39 is 11.9 Å². The molecular weight excluding hydrogens is 284 g/mol. The van der Waals surface area contributed by atoms with Gasteiger partial charge in [-0.25, -0.2) is 10.2 Å². The molecule has 2 aromatic carbocycles. The number of carboxylic acid groups (broad SMARTS) is 1. The Morgan fingerprint density at radius 2 is 1.77 bits per heavy atom. The van der Waals surface area contributed by atoms with Gasteiger partial charge in [-0.3, -0.25) is 4.79 Å². The van der Waals surface area contributed by atoms with Gasteiger partial charge in [-0.1, -0.05) is 36.4 Å².